The highest BCUT2D eigenvalue weighted by atomic mass is 19.1. The summed E-state index contributed by atoms with van der Waals surface area (Å²) in [6, 6.07) is 1.77. The smallest absolute Gasteiger partial charge is 0.325 e. The number of benzene rings is 1. The van der Waals surface area contributed by atoms with Crippen molar-refractivity contribution in [3.8, 4) is 0 Å². The van der Waals surface area contributed by atoms with Gasteiger partial charge in [0.05, 0.1) is 0 Å². The van der Waals surface area contributed by atoms with Crippen LogP contribution in [0.1, 0.15) is 29.7 Å². The third kappa shape index (κ3) is 2.33. The topological polar surface area (TPSA) is 63.3 Å². The number of nitrogens with two attached hydrogens (primary N) is 1. The van der Waals surface area contributed by atoms with Crippen LogP contribution in [0.4, 0.5) is 4.39 Å². The highest BCUT2D eigenvalue weighted by Gasteiger charge is 2.18. The summed E-state index contributed by atoms with van der Waals surface area (Å²) in [6.07, 6.45) is 0.519. The minimum absolute atomic E-state index is 0.309. The number of carbonyl (C=O) groups is 1. The maximum Gasteiger partial charge on any atom is 0.325 e. The van der Waals surface area contributed by atoms with E-state index in [0.29, 0.717) is 23.1 Å². The van der Waals surface area contributed by atoms with Crippen molar-refractivity contribution in [1.82, 2.24) is 0 Å². The lowest BCUT2D eigenvalue weighted by atomic mass is 9.97. The van der Waals surface area contributed by atoms with Gasteiger partial charge >= 0.3 is 5.97 Å². The first-order chi connectivity index (χ1) is 6.97. The van der Waals surface area contributed by atoms with Gasteiger partial charge in [0.15, 0.2) is 0 Å². The number of aryl methyl sites for hydroxylation is 2. The second-order valence-corrected chi connectivity index (χ2v) is 3.47. The Bertz CT molecular complexity index is 390. The zero-order chi connectivity index (χ0) is 11.6. The van der Waals surface area contributed by atoms with Gasteiger partial charge in [0.1, 0.15) is 11.9 Å². The van der Waals surface area contributed by atoms with Crippen LogP contribution in [0, 0.1) is 12.7 Å². The van der Waals surface area contributed by atoms with Gasteiger partial charge < -0.3 is 10.8 Å². The molecule has 1 unspecified atom stereocenters. The quantitative estimate of drug-likeness (QED) is 0.801. The fourth-order valence-electron chi connectivity index (χ4n) is 1.48. The highest BCUT2D eigenvalue weighted by Crippen LogP contribution is 2.21. The Balaban J connectivity index is 3.24. The molecule has 0 amide bonds. The third-order valence-electron chi connectivity index (χ3n) is 2.42. The lowest BCUT2D eigenvalue weighted by molar-refractivity contribution is -0.138. The molecule has 82 valence electrons. The van der Waals surface area contributed by atoms with Gasteiger partial charge in [-0.2, -0.15) is 0 Å². The van der Waals surface area contributed by atoms with E-state index in [2.05, 4.69) is 0 Å². The fourth-order valence-corrected chi connectivity index (χ4v) is 1.48. The van der Waals surface area contributed by atoms with Gasteiger partial charge in [0.2, 0.25) is 0 Å². The maximum absolute atomic E-state index is 13.3. The molecule has 0 aliphatic carbocycles. The summed E-state index contributed by atoms with van der Waals surface area (Å²) in [5, 5.41) is 8.77. The van der Waals surface area contributed by atoms with E-state index >= 15 is 0 Å². The molecule has 0 saturated heterocycles. The molecular weight excluding hydrogens is 197 g/mol. The van der Waals surface area contributed by atoms with Crippen molar-refractivity contribution in [1.29, 1.82) is 0 Å². The molecule has 0 bridgehead atoms. The van der Waals surface area contributed by atoms with Gasteiger partial charge in [0, 0.05) is 0 Å². The van der Waals surface area contributed by atoms with E-state index in [4.69, 9.17) is 10.8 Å². The van der Waals surface area contributed by atoms with Crippen LogP contribution in [0.5, 0.6) is 0 Å². The summed E-state index contributed by atoms with van der Waals surface area (Å²) in [5.74, 6) is -1.41. The molecule has 0 fully saturated rings. The number of carboxylic acid groups (broad SMARTS) is 1. The molecule has 3 nitrogen and oxygen atoms in total. The minimum atomic E-state index is -1.10. The van der Waals surface area contributed by atoms with Crippen LogP contribution in [0.15, 0.2) is 12.1 Å². The van der Waals surface area contributed by atoms with E-state index in [-0.39, 0.29) is 5.82 Å². The Hall–Kier alpha value is -1.42. The molecule has 0 radical (unpaired) electrons. The largest absolute Gasteiger partial charge is 0.480 e. The second-order valence-electron chi connectivity index (χ2n) is 3.47. The van der Waals surface area contributed by atoms with Crippen LogP contribution in [0.25, 0.3) is 0 Å². The summed E-state index contributed by atoms with van der Waals surface area (Å²) < 4.78 is 13.3. The Labute approximate surface area is 87.7 Å². The fraction of sp³-hybridized carbons (Fsp3) is 0.364. The van der Waals surface area contributed by atoms with Crippen LogP contribution in [-0.2, 0) is 11.2 Å². The van der Waals surface area contributed by atoms with Gasteiger partial charge in [-0.3, -0.25) is 4.79 Å². The van der Waals surface area contributed by atoms with Crippen molar-refractivity contribution in [3.05, 3.63) is 34.6 Å². The summed E-state index contributed by atoms with van der Waals surface area (Å²) >= 11 is 0. The molecule has 1 atom stereocenters. The van der Waals surface area contributed by atoms with E-state index in [1.54, 1.807) is 6.92 Å². The molecule has 0 spiro atoms. The Kier molecular flexibility index (Phi) is 3.42. The van der Waals surface area contributed by atoms with Gasteiger partial charge in [-0.15, -0.1) is 0 Å². The number of carboxylic acids is 1. The molecule has 1 aromatic carbocycles. The number of rotatable bonds is 3. The summed E-state index contributed by atoms with van der Waals surface area (Å²) in [7, 11) is 0. The molecule has 15 heavy (non-hydrogen) atoms. The van der Waals surface area contributed by atoms with E-state index in [0.717, 1.165) is 0 Å². The average Bonchev–Trinajstić information content (AvgIpc) is 2.17. The highest BCUT2D eigenvalue weighted by molar-refractivity contribution is 5.75. The summed E-state index contributed by atoms with van der Waals surface area (Å²) in [4.78, 5) is 10.7. The third-order valence-corrected chi connectivity index (χ3v) is 2.42. The van der Waals surface area contributed by atoms with Crippen molar-refractivity contribution in [2.45, 2.75) is 26.3 Å². The molecule has 1 aromatic rings. The Morgan fingerprint density at radius 2 is 2.20 bits per heavy atom. The number of halogens is 1. The number of hydrogen-bond donors (Lipinski definition) is 2. The van der Waals surface area contributed by atoms with Crippen LogP contribution in [-0.4, -0.2) is 11.1 Å². The molecule has 1 rings (SSSR count). The maximum atomic E-state index is 13.3. The molecule has 0 heterocycles. The Morgan fingerprint density at radius 1 is 1.60 bits per heavy atom. The van der Waals surface area contributed by atoms with Gasteiger partial charge in [-0.1, -0.05) is 13.0 Å². The standard InChI is InChI=1S/C11H14FNO2/c1-3-7-5-8(10(13)11(14)15)6(2)4-9(7)12/h4-5,10H,3,13H2,1-2H3,(H,14,15). The predicted molar refractivity (Wildman–Crippen MR) is 55.1 cm³/mol. The van der Waals surface area contributed by atoms with Crippen molar-refractivity contribution in [3.63, 3.8) is 0 Å². The van der Waals surface area contributed by atoms with Crippen molar-refractivity contribution in [2.75, 3.05) is 0 Å². The summed E-state index contributed by atoms with van der Waals surface area (Å²) in [6.45, 7) is 3.46. The first-order valence-electron chi connectivity index (χ1n) is 4.74. The SMILES string of the molecule is CCc1cc(C(N)C(=O)O)c(C)cc1F. The second kappa shape index (κ2) is 4.40. The van der Waals surface area contributed by atoms with Crippen LogP contribution in [0.3, 0.4) is 0 Å². The monoisotopic (exact) mass is 211 g/mol. The van der Waals surface area contributed by atoms with Crippen LogP contribution in [0.2, 0.25) is 0 Å². The molecular formula is C11H14FNO2. The Morgan fingerprint density at radius 3 is 2.67 bits per heavy atom. The lowest BCUT2D eigenvalue weighted by Gasteiger charge is -2.12. The van der Waals surface area contributed by atoms with E-state index in [9.17, 15) is 9.18 Å². The number of hydrogen-bond acceptors (Lipinski definition) is 2. The van der Waals surface area contributed by atoms with Gasteiger partial charge in [-0.05, 0) is 36.1 Å². The van der Waals surface area contributed by atoms with E-state index < -0.39 is 12.0 Å². The van der Waals surface area contributed by atoms with Crippen LogP contribution < -0.4 is 5.73 Å². The van der Waals surface area contributed by atoms with E-state index in [1.165, 1.54) is 12.1 Å². The molecule has 0 saturated carbocycles. The van der Waals surface area contributed by atoms with Crippen molar-refractivity contribution < 1.29 is 14.3 Å². The van der Waals surface area contributed by atoms with Crippen molar-refractivity contribution >= 4 is 5.97 Å². The van der Waals surface area contributed by atoms with Gasteiger partial charge in [-0.25, -0.2) is 4.39 Å². The molecule has 4 heteroatoms. The van der Waals surface area contributed by atoms with Gasteiger partial charge in [0.25, 0.3) is 0 Å². The minimum Gasteiger partial charge on any atom is -0.480 e. The van der Waals surface area contributed by atoms with Crippen molar-refractivity contribution in [2.24, 2.45) is 5.73 Å². The van der Waals surface area contributed by atoms with E-state index in [1.807, 2.05) is 6.92 Å². The summed E-state index contributed by atoms with van der Waals surface area (Å²) in [5.41, 5.74) is 7.03. The first kappa shape index (κ1) is 11.7. The normalized spacial score (nSPS) is 12.5. The average molecular weight is 211 g/mol. The first-order valence-corrected chi connectivity index (χ1v) is 4.74. The zero-order valence-electron chi connectivity index (χ0n) is 8.75. The number of aliphatic carboxylic acids is 1. The zero-order valence-corrected chi connectivity index (χ0v) is 8.75. The molecule has 0 aliphatic rings. The van der Waals surface area contributed by atoms with Crippen LogP contribution >= 0.6 is 0 Å². The molecule has 3 N–H and O–H groups in total. The predicted octanol–water partition coefficient (Wildman–Crippen LogP) is 1.78. The molecule has 0 aliphatic heterocycles. The molecule has 0 aromatic heterocycles. The lowest BCUT2D eigenvalue weighted by Crippen LogP contribution is -2.22.